The minimum atomic E-state index is -3.73. The van der Waals surface area contributed by atoms with Gasteiger partial charge in [-0.1, -0.05) is 25.0 Å². The maximum absolute atomic E-state index is 13.7. The van der Waals surface area contributed by atoms with Crippen molar-refractivity contribution in [3.05, 3.63) is 58.1 Å². The van der Waals surface area contributed by atoms with Crippen LogP contribution in [-0.2, 0) is 36.8 Å². The van der Waals surface area contributed by atoms with E-state index in [2.05, 4.69) is 0 Å². The van der Waals surface area contributed by atoms with Crippen molar-refractivity contribution in [2.24, 2.45) is 0 Å². The van der Waals surface area contributed by atoms with Gasteiger partial charge < -0.3 is 32.3 Å². The zero-order valence-corrected chi connectivity index (χ0v) is 29.1. The van der Waals surface area contributed by atoms with E-state index >= 15 is 0 Å². The lowest BCUT2D eigenvalue weighted by atomic mass is 9.82. The lowest BCUT2D eigenvalue weighted by Crippen LogP contribution is -2.24. The first-order chi connectivity index (χ1) is 21.9. The number of unbranched alkanes of at least 4 members (excludes halogenated alkanes) is 3. The fourth-order valence-corrected chi connectivity index (χ4v) is 11.5. The zero-order chi connectivity index (χ0) is 34.1. The van der Waals surface area contributed by atoms with Crippen molar-refractivity contribution < 1.29 is 60.6 Å². The first-order valence-electron chi connectivity index (χ1n) is 14.2. The van der Waals surface area contributed by atoms with Gasteiger partial charge in [-0.15, -0.1) is 0 Å². The number of ether oxygens (including phenoxy) is 3. The van der Waals surface area contributed by atoms with Crippen molar-refractivity contribution in [1.82, 2.24) is 0 Å². The minimum Gasteiger partial charge on any atom is -0.493 e. The molecular formula is C30H38O13P2S. The Balaban J connectivity index is 1.60. The molecule has 1 aliphatic carbocycles. The number of fused-ring (bicyclic) bond motifs is 2. The molecular weight excluding hydrogens is 662 g/mol. The van der Waals surface area contributed by atoms with Gasteiger partial charge in [0.1, 0.15) is 11.5 Å². The Morgan fingerprint density at radius 1 is 0.783 bits per heavy atom. The van der Waals surface area contributed by atoms with E-state index in [0.29, 0.717) is 12.2 Å². The van der Waals surface area contributed by atoms with Crippen LogP contribution in [0.3, 0.4) is 0 Å². The molecule has 0 aliphatic heterocycles. The lowest BCUT2D eigenvalue weighted by molar-refractivity contribution is -0.131. The molecule has 0 unspecified atom stereocenters. The van der Waals surface area contributed by atoms with Gasteiger partial charge in [0.2, 0.25) is 5.78 Å². The molecule has 0 atom stereocenters. The van der Waals surface area contributed by atoms with Crippen LogP contribution in [0.2, 0.25) is 0 Å². The van der Waals surface area contributed by atoms with Crippen LogP contribution in [0.1, 0.15) is 74.8 Å². The summed E-state index contributed by atoms with van der Waals surface area (Å²) in [6.45, 7) is 1.42. The fraction of sp³-hybridized carbons (Fsp3) is 0.467. The van der Waals surface area contributed by atoms with E-state index in [1.54, 1.807) is 12.1 Å². The lowest BCUT2D eigenvalue weighted by Gasteiger charge is -2.28. The van der Waals surface area contributed by atoms with Gasteiger partial charge in [-0.25, -0.2) is 4.79 Å². The van der Waals surface area contributed by atoms with Gasteiger partial charge >= 0.3 is 27.1 Å². The molecule has 0 N–H and O–H groups in total. The number of carbonyl (C=O) groups excluding carboxylic acids is 4. The third-order valence-corrected chi connectivity index (χ3v) is 14.4. The number of ketones is 2. The van der Waals surface area contributed by atoms with Gasteiger partial charge in [0.15, 0.2) is 11.2 Å². The highest BCUT2D eigenvalue weighted by molar-refractivity contribution is 8.00. The van der Waals surface area contributed by atoms with Crippen LogP contribution in [0.15, 0.2) is 30.3 Å². The maximum Gasteiger partial charge on any atom is 0.346 e. The Morgan fingerprint density at radius 3 is 1.98 bits per heavy atom. The molecule has 2 aromatic carbocycles. The second kappa shape index (κ2) is 16.8. The molecule has 0 bridgehead atoms. The van der Waals surface area contributed by atoms with Gasteiger partial charge in [0, 0.05) is 52.2 Å². The molecule has 0 saturated carbocycles. The standard InChI is InChI=1S/C30H38O13P2S/c1-19(31)43-24-17-20(30(34)37-2)16-22-27(24)29(33)26-21(28(22)32)12-11-13-23(26)42-14-9-7-8-10-15-46-18-25(44(35,38-3)39-4)45(36,40-5)41-6/h11-13,16-17,25H,7-10,14-15,18H2,1-6H3. The van der Waals surface area contributed by atoms with Crippen molar-refractivity contribution in [3.63, 3.8) is 0 Å². The predicted octanol–water partition coefficient (Wildman–Crippen LogP) is 6.14. The van der Waals surface area contributed by atoms with E-state index in [0.717, 1.165) is 26.2 Å². The monoisotopic (exact) mass is 700 g/mol. The molecule has 0 spiro atoms. The average molecular weight is 701 g/mol. The first kappa shape index (κ1) is 37.6. The normalized spacial score (nSPS) is 12.9. The largest absolute Gasteiger partial charge is 0.493 e. The van der Waals surface area contributed by atoms with Crippen LogP contribution in [-0.4, -0.2) is 82.6 Å². The Morgan fingerprint density at radius 2 is 1.39 bits per heavy atom. The van der Waals surface area contributed by atoms with Crippen molar-refractivity contribution in [2.45, 2.75) is 38.0 Å². The SMILES string of the molecule is COC(=O)c1cc(OC(C)=O)c2c(c1)C(=O)c1cccc(OCCCCCCSCC(P(=O)(OC)OC)P(=O)(OC)OC)c1C2=O. The van der Waals surface area contributed by atoms with Crippen molar-refractivity contribution in [1.29, 1.82) is 0 Å². The summed E-state index contributed by atoms with van der Waals surface area (Å²) >= 11 is 1.43. The predicted molar refractivity (Wildman–Crippen MR) is 171 cm³/mol. The van der Waals surface area contributed by atoms with Crippen LogP contribution in [0.25, 0.3) is 0 Å². The van der Waals surface area contributed by atoms with Crippen LogP contribution in [0, 0.1) is 0 Å². The summed E-state index contributed by atoms with van der Waals surface area (Å²) in [5, 5.41) is -1.08. The second-order valence-electron chi connectivity index (χ2n) is 9.95. The summed E-state index contributed by atoms with van der Waals surface area (Å²) in [6.07, 6.45) is 3.10. The van der Waals surface area contributed by atoms with Crippen LogP contribution >= 0.6 is 27.0 Å². The fourth-order valence-electron chi connectivity index (χ4n) is 4.87. The Kier molecular flexibility index (Phi) is 13.8. The molecule has 1 aliphatic rings. The van der Waals surface area contributed by atoms with Gasteiger partial charge in [0.05, 0.1) is 30.4 Å². The molecule has 3 rings (SSSR count). The number of esters is 2. The Hall–Kier alpha value is -2.83. The number of hydrogen-bond acceptors (Lipinski definition) is 14. The number of methoxy groups -OCH3 is 1. The number of hydrogen-bond donors (Lipinski definition) is 0. The van der Waals surface area contributed by atoms with Gasteiger partial charge in [-0.05, 0) is 36.8 Å². The second-order valence-corrected chi connectivity index (χ2v) is 16.4. The number of rotatable bonds is 18. The zero-order valence-electron chi connectivity index (χ0n) is 26.5. The van der Waals surface area contributed by atoms with Gasteiger partial charge in [-0.3, -0.25) is 23.5 Å². The van der Waals surface area contributed by atoms with E-state index < -0.39 is 44.1 Å². The van der Waals surface area contributed by atoms with E-state index in [1.165, 1.54) is 65.5 Å². The number of benzene rings is 2. The van der Waals surface area contributed by atoms with Gasteiger partial charge in [-0.2, -0.15) is 11.8 Å². The van der Waals surface area contributed by atoms with Crippen molar-refractivity contribution >= 4 is 50.5 Å². The van der Waals surface area contributed by atoms with Gasteiger partial charge in [0.25, 0.3) is 0 Å². The average Bonchev–Trinajstić information content (AvgIpc) is 3.06. The summed E-state index contributed by atoms with van der Waals surface area (Å²) in [6, 6.07) is 7.15. The molecule has 252 valence electrons. The van der Waals surface area contributed by atoms with Crippen LogP contribution in [0.4, 0.5) is 0 Å². The van der Waals surface area contributed by atoms with Crippen molar-refractivity contribution in [3.8, 4) is 11.5 Å². The van der Waals surface area contributed by atoms with Crippen LogP contribution < -0.4 is 9.47 Å². The quantitative estimate of drug-likeness (QED) is 0.0642. The smallest absolute Gasteiger partial charge is 0.346 e. The van der Waals surface area contributed by atoms with Crippen LogP contribution in [0.5, 0.6) is 11.5 Å². The third-order valence-electron chi connectivity index (χ3n) is 7.20. The highest BCUT2D eigenvalue weighted by atomic mass is 32.2. The molecule has 0 fully saturated rings. The van der Waals surface area contributed by atoms with E-state index in [4.69, 9.17) is 32.3 Å². The van der Waals surface area contributed by atoms with E-state index in [-0.39, 0.29) is 51.7 Å². The molecule has 2 aromatic rings. The Labute approximate surface area is 272 Å². The van der Waals surface area contributed by atoms with E-state index in [1.807, 2.05) is 0 Å². The summed E-state index contributed by atoms with van der Waals surface area (Å²) in [7, 11) is -1.41. The molecule has 0 aromatic heterocycles. The molecule has 16 heteroatoms. The molecule has 0 heterocycles. The maximum atomic E-state index is 13.7. The topological polar surface area (TPSA) is 167 Å². The summed E-state index contributed by atoms with van der Waals surface area (Å²) in [5.74, 6) is -1.71. The first-order valence-corrected chi connectivity index (χ1v) is 18.6. The van der Waals surface area contributed by atoms with Crippen molar-refractivity contribution in [2.75, 3.05) is 53.7 Å². The molecule has 13 nitrogen and oxygen atoms in total. The highest BCUT2D eigenvalue weighted by Gasteiger charge is 2.49. The molecule has 0 saturated heterocycles. The molecule has 0 radical (unpaired) electrons. The highest BCUT2D eigenvalue weighted by Crippen LogP contribution is 2.69. The number of thioether (sulfide) groups is 1. The summed E-state index contributed by atoms with van der Waals surface area (Å²) in [4.78, 5) is 51.2. The summed E-state index contributed by atoms with van der Waals surface area (Å²) in [5.41, 5.74) is -0.0749. The number of carbonyl (C=O) groups is 4. The van der Waals surface area contributed by atoms with E-state index in [9.17, 15) is 28.3 Å². The third kappa shape index (κ3) is 8.36. The molecule has 0 amide bonds. The summed E-state index contributed by atoms with van der Waals surface area (Å²) < 4.78 is 62.1. The minimum absolute atomic E-state index is 0.0392. The molecule has 46 heavy (non-hydrogen) atoms. The Bertz CT molecular complexity index is 1520.